The number of aromatic nitrogens is 2. The average molecular weight is 766 g/mol. The molecule has 282 valence electrons. The summed E-state index contributed by atoms with van der Waals surface area (Å²) in [5.74, 6) is -0.718. The van der Waals surface area contributed by atoms with E-state index in [0.717, 1.165) is 63.7 Å². The molecule has 2 aromatic heterocycles. The number of ether oxygens (including phenoxy) is 1. The first-order valence-electron chi connectivity index (χ1n) is 17.9. The van der Waals surface area contributed by atoms with Crippen LogP contribution in [0.25, 0.3) is 22.5 Å². The van der Waals surface area contributed by atoms with Crippen LogP contribution in [-0.2, 0) is 28.0 Å². The minimum atomic E-state index is -1.17. The van der Waals surface area contributed by atoms with Crippen molar-refractivity contribution in [3.05, 3.63) is 118 Å². The van der Waals surface area contributed by atoms with Crippen LogP contribution in [0, 0.1) is 0 Å². The molecular formula is C42H47N5O5S2. The molecule has 2 heterocycles. The molecular weight excluding hydrogens is 719 g/mol. The third-order valence-corrected chi connectivity index (χ3v) is 11.2. The molecule has 12 heteroatoms. The van der Waals surface area contributed by atoms with Gasteiger partial charge in [0.05, 0.1) is 12.0 Å². The maximum Gasteiger partial charge on any atom is 0.322 e. The van der Waals surface area contributed by atoms with Gasteiger partial charge in [-0.25, -0.2) is 14.3 Å². The summed E-state index contributed by atoms with van der Waals surface area (Å²) >= 11 is 3.13. The van der Waals surface area contributed by atoms with Gasteiger partial charge in [-0.1, -0.05) is 82.6 Å². The molecule has 1 atom stereocenters. The molecule has 0 spiro atoms. The first kappa shape index (κ1) is 40.2. The molecule has 0 aliphatic rings. The largest absolute Gasteiger partial charge is 0.497 e. The van der Waals surface area contributed by atoms with Gasteiger partial charge in [0.25, 0.3) is 5.91 Å². The normalized spacial score (nSPS) is 12.0. The van der Waals surface area contributed by atoms with Gasteiger partial charge in [-0.3, -0.25) is 14.4 Å². The number of hydrogen-bond donors (Lipinski definition) is 3. The number of carboxylic acid groups (broad SMARTS) is 1. The van der Waals surface area contributed by atoms with Gasteiger partial charge in [0.2, 0.25) is 5.91 Å². The van der Waals surface area contributed by atoms with Gasteiger partial charge in [0.15, 0.2) is 5.82 Å². The van der Waals surface area contributed by atoms with Crippen LogP contribution >= 0.6 is 23.3 Å². The fraction of sp³-hybridized carbons (Fsp3) is 0.310. The second-order valence-electron chi connectivity index (χ2n) is 13.9. The number of aliphatic carboxylic acids is 1. The quantitative estimate of drug-likeness (QED) is 0.0805. The Kier molecular flexibility index (Phi) is 14.0. The van der Waals surface area contributed by atoms with Crippen molar-refractivity contribution < 1.29 is 24.2 Å². The molecule has 10 nitrogen and oxygen atoms in total. The van der Waals surface area contributed by atoms with Gasteiger partial charge < -0.3 is 20.5 Å². The first-order valence-corrected chi connectivity index (χ1v) is 19.5. The zero-order valence-corrected chi connectivity index (χ0v) is 32.9. The zero-order chi connectivity index (χ0) is 38.7. The first-order chi connectivity index (χ1) is 25.9. The molecule has 3 aromatic carbocycles. The zero-order valence-electron chi connectivity index (χ0n) is 31.3. The van der Waals surface area contributed by atoms with Crippen LogP contribution in [0.2, 0.25) is 0 Å². The fourth-order valence-corrected chi connectivity index (χ4v) is 7.48. The van der Waals surface area contributed by atoms with E-state index in [9.17, 15) is 14.4 Å². The van der Waals surface area contributed by atoms with Crippen molar-refractivity contribution >= 4 is 41.1 Å². The molecule has 3 N–H and O–H groups in total. The van der Waals surface area contributed by atoms with Crippen molar-refractivity contribution in [2.45, 2.75) is 69.9 Å². The van der Waals surface area contributed by atoms with Crippen LogP contribution in [0.1, 0.15) is 66.2 Å². The number of carboxylic acids is 1. The molecule has 0 radical (unpaired) electrons. The lowest BCUT2D eigenvalue weighted by Gasteiger charge is -2.21. The summed E-state index contributed by atoms with van der Waals surface area (Å²) in [4.78, 5) is 49.2. The highest BCUT2D eigenvalue weighted by molar-refractivity contribution is 7.97. The topological polar surface area (TPSA) is 134 Å². The number of nitrogens with zero attached hydrogens (tertiary/aromatic N) is 3. The monoisotopic (exact) mass is 765 g/mol. The van der Waals surface area contributed by atoms with Crippen molar-refractivity contribution in [3.8, 4) is 28.3 Å². The minimum absolute atomic E-state index is 0.117. The summed E-state index contributed by atoms with van der Waals surface area (Å²) in [7, 11) is 1.68. The van der Waals surface area contributed by atoms with Crippen molar-refractivity contribution in [3.63, 3.8) is 0 Å². The summed E-state index contributed by atoms with van der Waals surface area (Å²) in [5, 5.41) is 14.3. The average Bonchev–Trinajstić information content (AvgIpc) is 3.69. The molecule has 0 fully saturated rings. The van der Waals surface area contributed by atoms with Crippen molar-refractivity contribution in [2.75, 3.05) is 20.2 Å². The second kappa shape index (κ2) is 18.8. The highest BCUT2D eigenvalue weighted by Crippen LogP contribution is 2.31. The predicted molar refractivity (Wildman–Crippen MR) is 216 cm³/mol. The number of hydrogen-bond acceptors (Lipinski definition) is 9. The standard InChI is InChI=1S/C42H47N5O5S2/c1-6-7-22-47(27-29-10-16-33(52-5)17-11-29)54-34-18-14-30(15-19-34)32-24-43-39(44-25-32)31-12-8-28(9-13-31)23-35(40(50)45-26-38(48)49)46-41(51)36-20-21-37(53-36)42(2,3)4/h8-21,24-25,35H,6-7,22-23,26-27H2,1-5H3,(H,45,50)(H,46,51)(H,48,49). The van der Waals surface area contributed by atoms with E-state index >= 15 is 0 Å². The van der Waals surface area contributed by atoms with Gasteiger partial charge in [0, 0.05) is 52.8 Å². The smallest absolute Gasteiger partial charge is 0.322 e. The highest BCUT2D eigenvalue weighted by atomic mass is 32.2. The maximum absolute atomic E-state index is 13.1. The van der Waals surface area contributed by atoms with Gasteiger partial charge in [-0.05, 0) is 76.9 Å². The number of unbranched alkanes of at least 4 members (excludes halogenated alkanes) is 1. The van der Waals surface area contributed by atoms with E-state index in [4.69, 9.17) is 9.84 Å². The Labute approximate surface area is 325 Å². The SMILES string of the molecule is CCCCN(Cc1ccc(OC)cc1)Sc1ccc(-c2cnc(-c3ccc(CC(NC(=O)c4ccc(C(C)(C)C)s4)C(=O)NCC(=O)O)cc3)nc2)cc1. The van der Waals surface area contributed by atoms with Crippen LogP contribution in [0.15, 0.2) is 102 Å². The van der Waals surface area contributed by atoms with Crippen LogP contribution in [-0.4, -0.2) is 63.4 Å². The van der Waals surface area contributed by atoms with Gasteiger partial charge in [0.1, 0.15) is 18.3 Å². The number of amides is 2. The van der Waals surface area contributed by atoms with Crippen molar-refractivity contribution in [2.24, 2.45) is 0 Å². The van der Waals surface area contributed by atoms with Crippen molar-refractivity contribution in [1.82, 2.24) is 24.9 Å². The number of methoxy groups -OCH3 is 1. The lowest BCUT2D eigenvalue weighted by molar-refractivity contribution is -0.138. The number of rotatable bonds is 17. The summed E-state index contributed by atoms with van der Waals surface area (Å²) in [6, 6.07) is 26.8. The molecule has 0 saturated carbocycles. The van der Waals surface area contributed by atoms with Gasteiger partial charge in [-0.2, -0.15) is 0 Å². The van der Waals surface area contributed by atoms with E-state index in [-0.39, 0.29) is 17.7 Å². The van der Waals surface area contributed by atoms with E-state index in [1.807, 2.05) is 54.9 Å². The molecule has 2 amide bonds. The molecule has 5 rings (SSSR count). The summed E-state index contributed by atoms with van der Waals surface area (Å²) in [5.41, 5.74) is 4.62. The summed E-state index contributed by atoms with van der Waals surface area (Å²) in [6.07, 6.45) is 6.03. The van der Waals surface area contributed by atoms with Gasteiger partial charge in [-0.15, -0.1) is 11.3 Å². The maximum atomic E-state index is 13.1. The molecule has 1 unspecified atom stereocenters. The lowest BCUT2D eigenvalue weighted by atomic mass is 9.95. The molecule has 0 aliphatic carbocycles. The fourth-order valence-electron chi connectivity index (χ4n) is 5.52. The second-order valence-corrected chi connectivity index (χ2v) is 16.2. The molecule has 5 aromatic rings. The van der Waals surface area contributed by atoms with E-state index in [2.05, 4.69) is 89.0 Å². The number of thiophene rings is 1. The third-order valence-electron chi connectivity index (χ3n) is 8.61. The van der Waals surface area contributed by atoms with E-state index in [1.54, 1.807) is 25.1 Å². The number of benzene rings is 3. The highest BCUT2D eigenvalue weighted by Gasteiger charge is 2.25. The van der Waals surface area contributed by atoms with Crippen LogP contribution < -0.4 is 15.4 Å². The number of carbonyl (C=O) groups is 3. The molecule has 0 saturated heterocycles. The van der Waals surface area contributed by atoms with Crippen LogP contribution in [0.5, 0.6) is 5.75 Å². The number of nitrogens with one attached hydrogen (secondary N) is 2. The van der Waals surface area contributed by atoms with Crippen molar-refractivity contribution in [1.29, 1.82) is 0 Å². The van der Waals surface area contributed by atoms with E-state index in [0.29, 0.717) is 10.7 Å². The van der Waals surface area contributed by atoms with E-state index < -0.39 is 24.5 Å². The Morgan fingerprint density at radius 1 is 0.870 bits per heavy atom. The summed E-state index contributed by atoms with van der Waals surface area (Å²) < 4.78 is 7.70. The Morgan fingerprint density at radius 3 is 2.11 bits per heavy atom. The number of carbonyl (C=O) groups excluding carboxylic acids is 2. The third kappa shape index (κ3) is 11.5. The lowest BCUT2D eigenvalue weighted by Crippen LogP contribution is -2.49. The Hall–Kier alpha value is -5.04. The van der Waals surface area contributed by atoms with E-state index in [1.165, 1.54) is 16.9 Å². The molecule has 0 aliphatic heterocycles. The molecule has 0 bridgehead atoms. The molecule has 54 heavy (non-hydrogen) atoms. The summed E-state index contributed by atoms with van der Waals surface area (Å²) in [6.45, 7) is 9.68. The van der Waals surface area contributed by atoms with Crippen LogP contribution in [0.3, 0.4) is 0 Å². The Balaban J connectivity index is 1.22. The minimum Gasteiger partial charge on any atom is -0.497 e. The Bertz CT molecular complexity index is 1990. The predicted octanol–water partition coefficient (Wildman–Crippen LogP) is 8.03. The Morgan fingerprint density at radius 2 is 1.52 bits per heavy atom. The van der Waals surface area contributed by atoms with Gasteiger partial charge >= 0.3 is 5.97 Å². The van der Waals surface area contributed by atoms with Crippen LogP contribution in [0.4, 0.5) is 0 Å².